The van der Waals surface area contributed by atoms with E-state index in [0.717, 1.165) is 30.2 Å². The molecule has 0 saturated carbocycles. The molecule has 2 aliphatic heterocycles. The van der Waals surface area contributed by atoms with Crippen molar-refractivity contribution in [1.82, 2.24) is 4.90 Å². The summed E-state index contributed by atoms with van der Waals surface area (Å²) >= 11 is 5.88. The second-order valence-corrected chi connectivity index (χ2v) is 11.4. The van der Waals surface area contributed by atoms with Gasteiger partial charge < -0.3 is 25.4 Å². The van der Waals surface area contributed by atoms with Crippen LogP contribution < -0.4 is 10.1 Å². The van der Waals surface area contributed by atoms with Gasteiger partial charge in [0.15, 0.2) is 17.6 Å². The monoisotopic (exact) mass is 528 g/mol. The lowest BCUT2D eigenvalue weighted by atomic mass is 9.49. The van der Waals surface area contributed by atoms with Gasteiger partial charge >= 0.3 is 0 Å². The standard InChI is InChI=1S/C28H30ClFN2O5/c1-3-14(2)13-32-9-8-27-22-15-4-7-20(33)24(22)37-25(27)23(34)17(12-28(27,36)21(32)10-15)26(35)31-16-5-6-19(30)18(29)11-16/h4-7,11,14,21,25,33-34,36H,3,8-10,12-13H2,1-2H3,(H,31,35)/t14?,21-,25+,27+,28-/m1/s1. The summed E-state index contributed by atoms with van der Waals surface area (Å²) in [5.41, 5.74) is -0.402. The molecule has 1 saturated heterocycles. The van der Waals surface area contributed by atoms with Gasteiger partial charge in [0, 0.05) is 30.3 Å². The van der Waals surface area contributed by atoms with Crippen LogP contribution in [-0.4, -0.2) is 57.0 Å². The molecule has 7 nitrogen and oxygen atoms in total. The van der Waals surface area contributed by atoms with Gasteiger partial charge in [-0.3, -0.25) is 9.69 Å². The highest BCUT2D eigenvalue weighted by atomic mass is 35.5. The summed E-state index contributed by atoms with van der Waals surface area (Å²) < 4.78 is 19.8. The van der Waals surface area contributed by atoms with E-state index in [-0.39, 0.29) is 46.0 Å². The summed E-state index contributed by atoms with van der Waals surface area (Å²) in [5, 5.41) is 37.3. The smallest absolute Gasteiger partial charge is 0.255 e. The van der Waals surface area contributed by atoms with Crippen molar-refractivity contribution in [1.29, 1.82) is 0 Å². The zero-order chi connectivity index (χ0) is 26.3. The summed E-state index contributed by atoms with van der Waals surface area (Å²) in [6, 6.07) is 6.98. The van der Waals surface area contributed by atoms with Crippen molar-refractivity contribution in [2.45, 2.75) is 62.7 Å². The first-order chi connectivity index (χ1) is 17.6. The van der Waals surface area contributed by atoms with E-state index in [1.54, 1.807) is 6.07 Å². The number of aliphatic hydroxyl groups is 2. The number of phenols is 1. The van der Waals surface area contributed by atoms with Crippen LogP contribution >= 0.6 is 11.6 Å². The Morgan fingerprint density at radius 1 is 1.32 bits per heavy atom. The zero-order valence-corrected chi connectivity index (χ0v) is 21.5. The Balaban J connectivity index is 1.46. The van der Waals surface area contributed by atoms with Crippen LogP contribution in [0.25, 0.3) is 0 Å². The number of amides is 1. The van der Waals surface area contributed by atoms with Crippen LogP contribution in [0.15, 0.2) is 41.7 Å². The minimum atomic E-state index is -1.42. The number of aliphatic hydroxyl groups excluding tert-OH is 1. The lowest BCUT2D eigenvalue weighted by Gasteiger charge is -2.62. The van der Waals surface area contributed by atoms with Crippen LogP contribution in [0.2, 0.25) is 5.02 Å². The number of rotatable bonds is 5. The molecule has 37 heavy (non-hydrogen) atoms. The van der Waals surface area contributed by atoms with Gasteiger partial charge in [0.05, 0.1) is 21.6 Å². The first-order valence-electron chi connectivity index (χ1n) is 12.8. The zero-order valence-electron chi connectivity index (χ0n) is 20.7. The minimum Gasteiger partial charge on any atom is -0.508 e. The largest absolute Gasteiger partial charge is 0.508 e. The Labute approximate surface area is 219 Å². The van der Waals surface area contributed by atoms with Crippen LogP contribution in [0.3, 0.4) is 0 Å². The Morgan fingerprint density at radius 3 is 2.84 bits per heavy atom. The number of phenolic OH excluding ortho intramolecular Hbond substituents is 1. The van der Waals surface area contributed by atoms with Crippen LogP contribution in [0, 0.1) is 11.7 Å². The lowest BCUT2D eigenvalue weighted by molar-refractivity contribution is -0.173. The molecule has 1 fully saturated rings. The molecule has 6 rings (SSSR count). The molecular formula is C28H30ClFN2O5. The fourth-order valence-corrected chi connectivity index (χ4v) is 7.23. The molecular weight excluding hydrogens is 499 g/mol. The summed E-state index contributed by atoms with van der Waals surface area (Å²) in [5.74, 6) is -0.848. The van der Waals surface area contributed by atoms with Crippen molar-refractivity contribution in [3.63, 3.8) is 0 Å². The molecule has 4 aliphatic rings. The second kappa shape index (κ2) is 8.35. The Morgan fingerprint density at radius 2 is 2.11 bits per heavy atom. The molecule has 9 heteroatoms. The third-order valence-electron chi connectivity index (χ3n) is 9.02. The van der Waals surface area contributed by atoms with E-state index >= 15 is 0 Å². The Hall–Kier alpha value is -2.81. The van der Waals surface area contributed by atoms with Gasteiger partial charge in [-0.25, -0.2) is 4.39 Å². The Kier molecular flexibility index (Phi) is 5.53. The summed E-state index contributed by atoms with van der Waals surface area (Å²) in [7, 11) is 0. The highest BCUT2D eigenvalue weighted by Gasteiger charge is 2.73. The van der Waals surface area contributed by atoms with E-state index in [1.807, 2.05) is 6.07 Å². The number of aromatic hydroxyl groups is 1. The van der Waals surface area contributed by atoms with Gasteiger partial charge in [-0.2, -0.15) is 0 Å². The number of piperidine rings is 1. The number of benzene rings is 2. The Bertz CT molecular complexity index is 1350. The highest BCUT2D eigenvalue weighted by molar-refractivity contribution is 6.31. The first-order valence-corrected chi connectivity index (χ1v) is 13.1. The molecule has 4 N–H and O–H groups in total. The first kappa shape index (κ1) is 24.5. The number of nitrogens with zero attached hydrogens (tertiary/aromatic N) is 1. The molecule has 2 aromatic rings. The number of nitrogens with one attached hydrogen (secondary N) is 1. The molecule has 196 valence electrons. The fourth-order valence-electron chi connectivity index (χ4n) is 7.05. The maximum atomic E-state index is 13.6. The van der Waals surface area contributed by atoms with Gasteiger partial charge in [-0.1, -0.05) is 37.9 Å². The fraction of sp³-hybridized carbons (Fsp3) is 0.464. The van der Waals surface area contributed by atoms with Crippen molar-refractivity contribution in [3.05, 3.63) is 63.6 Å². The number of carbonyl (C=O) groups excluding carboxylic acids is 1. The molecule has 5 atom stereocenters. The van der Waals surface area contributed by atoms with E-state index in [0.29, 0.717) is 25.3 Å². The summed E-state index contributed by atoms with van der Waals surface area (Å²) in [4.78, 5) is 15.8. The van der Waals surface area contributed by atoms with E-state index in [1.165, 1.54) is 12.1 Å². The highest BCUT2D eigenvalue weighted by Crippen LogP contribution is 2.66. The van der Waals surface area contributed by atoms with Gasteiger partial charge in [0.1, 0.15) is 11.6 Å². The average molecular weight is 529 g/mol. The average Bonchev–Trinajstić information content (AvgIpc) is 3.22. The topological polar surface area (TPSA) is 102 Å². The molecule has 0 radical (unpaired) electrons. The minimum absolute atomic E-state index is 0.00899. The van der Waals surface area contributed by atoms with Crippen LogP contribution in [-0.2, 0) is 16.6 Å². The molecule has 2 aromatic carbocycles. The summed E-state index contributed by atoms with van der Waals surface area (Å²) in [6.07, 6.45) is 0.949. The van der Waals surface area contributed by atoms with Crippen molar-refractivity contribution >= 4 is 23.2 Å². The van der Waals surface area contributed by atoms with Gasteiger partial charge in [-0.05, 0) is 55.1 Å². The van der Waals surface area contributed by atoms with Crippen LogP contribution in [0.5, 0.6) is 11.5 Å². The maximum Gasteiger partial charge on any atom is 0.255 e. The van der Waals surface area contributed by atoms with Crippen molar-refractivity contribution in [3.8, 4) is 11.5 Å². The SMILES string of the molecule is CCC(C)CN1CC[C@]23c4c5ccc(O)c4O[C@H]2C(O)=C(C(=O)Nc2ccc(F)c(Cl)c2)C[C@@]3(O)[C@H]1C5. The van der Waals surface area contributed by atoms with Crippen molar-refractivity contribution in [2.24, 2.45) is 5.92 Å². The number of hydrogen-bond acceptors (Lipinski definition) is 6. The van der Waals surface area contributed by atoms with E-state index in [4.69, 9.17) is 16.3 Å². The molecule has 2 heterocycles. The third-order valence-corrected chi connectivity index (χ3v) is 9.31. The molecule has 1 amide bonds. The maximum absolute atomic E-state index is 13.6. The normalized spacial score (nSPS) is 30.5. The molecule has 1 unspecified atom stereocenters. The van der Waals surface area contributed by atoms with E-state index in [2.05, 4.69) is 24.1 Å². The number of anilines is 1. The van der Waals surface area contributed by atoms with Crippen LogP contribution in [0.1, 0.15) is 44.2 Å². The number of likely N-dealkylation sites (tertiary alicyclic amines) is 1. The quantitative estimate of drug-likeness (QED) is 0.457. The van der Waals surface area contributed by atoms with E-state index < -0.39 is 28.8 Å². The predicted octanol–water partition coefficient (Wildman–Crippen LogP) is 4.45. The molecule has 2 bridgehead atoms. The molecule has 1 spiro atoms. The number of halogens is 2. The third kappa shape index (κ3) is 3.28. The molecule has 2 aliphatic carbocycles. The summed E-state index contributed by atoms with van der Waals surface area (Å²) in [6.45, 7) is 5.83. The van der Waals surface area contributed by atoms with Gasteiger partial charge in [0.25, 0.3) is 5.91 Å². The second-order valence-electron chi connectivity index (χ2n) is 10.9. The lowest BCUT2D eigenvalue weighted by Crippen LogP contribution is -2.75. The number of carbonyl (C=O) groups is 1. The number of hydrogen-bond donors (Lipinski definition) is 4. The van der Waals surface area contributed by atoms with Crippen molar-refractivity contribution < 1.29 is 29.2 Å². The number of ether oxygens (including phenoxy) is 1. The van der Waals surface area contributed by atoms with Gasteiger partial charge in [0.2, 0.25) is 0 Å². The van der Waals surface area contributed by atoms with Crippen LogP contribution in [0.4, 0.5) is 10.1 Å². The van der Waals surface area contributed by atoms with Crippen molar-refractivity contribution in [2.75, 3.05) is 18.4 Å². The predicted molar refractivity (Wildman–Crippen MR) is 137 cm³/mol. The van der Waals surface area contributed by atoms with E-state index in [9.17, 15) is 24.5 Å². The molecule has 0 aromatic heterocycles. The van der Waals surface area contributed by atoms with Gasteiger partial charge in [-0.15, -0.1) is 0 Å².